The molecule has 0 bridgehead atoms. The summed E-state index contributed by atoms with van der Waals surface area (Å²) in [5, 5.41) is 8.33. The second-order valence-electron chi connectivity index (χ2n) is 2.45. The van der Waals surface area contributed by atoms with Crippen molar-refractivity contribution in [2.75, 3.05) is 6.54 Å². The first-order valence-corrected chi connectivity index (χ1v) is 3.28. The number of aliphatic carboxylic acids is 1. The van der Waals surface area contributed by atoms with Crippen molar-refractivity contribution >= 4 is 17.8 Å². The second-order valence-corrected chi connectivity index (χ2v) is 2.45. The number of carbonyl (C=O) groups is 3. The van der Waals surface area contributed by atoms with Gasteiger partial charge >= 0.3 is 5.97 Å². The number of hydrogen-bond acceptors (Lipinski definition) is 3. The highest BCUT2D eigenvalue weighted by Crippen LogP contribution is 2.10. The summed E-state index contributed by atoms with van der Waals surface area (Å²) >= 11 is 0. The minimum atomic E-state index is -1.19. The molecule has 1 aliphatic heterocycles. The summed E-state index contributed by atoms with van der Waals surface area (Å²) in [7, 11) is 0. The number of amides is 2. The molecule has 5 heteroatoms. The molecule has 0 saturated heterocycles. The van der Waals surface area contributed by atoms with Gasteiger partial charge in [0.15, 0.2) is 0 Å². The first-order chi connectivity index (χ1) is 5.52. The van der Waals surface area contributed by atoms with E-state index in [4.69, 9.17) is 5.11 Å². The average molecular weight is 169 g/mol. The highest BCUT2D eigenvalue weighted by Gasteiger charge is 2.29. The predicted molar refractivity (Wildman–Crippen MR) is 38.1 cm³/mol. The van der Waals surface area contributed by atoms with E-state index in [0.29, 0.717) is 4.90 Å². The third kappa shape index (κ3) is 1.34. The zero-order valence-corrected chi connectivity index (χ0v) is 6.40. The molecule has 1 rings (SSSR count). The van der Waals surface area contributed by atoms with E-state index in [1.54, 1.807) is 0 Å². The monoisotopic (exact) mass is 169 g/mol. The van der Waals surface area contributed by atoms with E-state index >= 15 is 0 Å². The topological polar surface area (TPSA) is 74.7 Å². The fourth-order valence-electron chi connectivity index (χ4n) is 0.923. The third-order valence-electron chi connectivity index (χ3n) is 1.48. The van der Waals surface area contributed by atoms with Crippen molar-refractivity contribution in [2.24, 2.45) is 0 Å². The van der Waals surface area contributed by atoms with E-state index < -0.39 is 24.3 Å². The maximum atomic E-state index is 11.0. The van der Waals surface area contributed by atoms with Crippen LogP contribution in [0.25, 0.3) is 0 Å². The molecule has 0 unspecified atom stereocenters. The van der Waals surface area contributed by atoms with Crippen LogP contribution < -0.4 is 0 Å². The van der Waals surface area contributed by atoms with E-state index in [9.17, 15) is 14.4 Å². The molecule has 1 heterocycles. The lowest BCUT2D eigenvalue weighted by Crippen LogP contribution is -2.35. The molecule has 0 spiro atoms. The Hall–Kier alpha value is -1.65. The van der Waals surface area contributed by atoms with Crippen LogP contribution in [0, 0.1) is 0 Å². The van der Waals surface area contributed by atoms with Gasteiger partial charge < -0.3 is 5.11 Å². The summed E-state index contributed by atoms with van der Waals surface area (Å²) in [6.07, 6.45) is 1.13. The Balaban J connectivity index is 2.77. The lowest BCUT2D eigenvalue weighted by molar-refractivity contribution is -0.147. The van der Waals surface area contributed by atoms with E-state index in [0.717, 1.165) is 6.08 Å². The van der Waals surface area contributed by atoms with Gasteiger partial charge in [0.2, 0.25) is 0 Å². The summed E-state index contributed by atoms with van der Waals surface area (Å²) < 4.78 is 0. The van der Waals surface area contributed by atoms with Gasteiger partial charge in [-0.3, -0.25) is 19.3 Å². The van der Waals surface area contributed by atoms with Gasteiger partial charge in [0.1, 0.15) is 6.54 Å². The number of rotatable bonds is 2. The molecule has 0 radical (unpaired) electrons. The van der Waals surface area contributed by atoms with Gasteiger partial charge in [-0.05, 0) is 6.92 Å². The van der Waals surface area contributed by atoms with Crippen molar-refractivity contribution in [3.8, 4) is 0 Å². The lowest BCUT2D eigenvalue weighted by Gasteiger charge is -2.09. The van der Waals surface area contributed by atoms with Crippen LogP contribution in [0.2, 0.25) is 0 Å². The van der Waals surface area contributed by atoms with E-state index in [1.165, 1.54) is 6.92 Å². The summed E-state index contributed by atoms with van der Waals surface area (Å²) in [6, 6.07) is 0. The number of carboxylic acids is 1. The van der Waals surface area contributed by atoms with Crippen molar-refractivity contribution in [1.82, 2.24) is 4.90 Å². The first-order valence-electron chi connectivity index (χ1n) is 3.28. The zero-order valence-electron chi connectivity index (χ0n) is 6.40. The van der Waals surface area contributed by atoms with E-state index in [-0.39, 0.29) is 5.57 Å². The number of nitrogens with zero attached hydrogens (tertiary/aromatic N) is 1. The maximum Gasteiger partial charge on any atom is 0.323 e. The molecule has 12 heavy (non-hydrogen) atoms. The molecule has 1 N–H and O–H groups in total. The SMILES string of the molecule is CC1=CC(=O)N(CC(=O)O)C1=O. The Kier molecular flexibility index (Phi) is 1.95. The predicted octanol–water partition coefficient (Wildman–Crippen LogP) is -0.614. The van der Waals surface area contributed by atoms with Crippen LogP contribution in [0.4, 0.5) is 0 Å². The molecule has 0 fully saturated rings. The third-order valence-corrected chi connectivity index (χ3v) is 1.48. The molecular weight excluding hydrogens is 162 g/mol. The summed E-state index contributed by atoms with van der Waals surface area (Å²) in [6.45, 7) is 0.910. The highest BCUT2D eigenvalue weighted by atomic mass is 16.4. The number of carboxylic acid groups (broad SMARTS) is 1. The van der Waals surface area contributed by atoms with E-state index in [1.807, 2.05) is 0 Å². The number of hydrogen-bond donors (Lipinski definition) is 1. The summed E-state index contributed by atoms with van der Waals surface area (Å²) in [5.74, 6) is -2.28. The van der Waals surface area contributed by atoms with Crippen molar-refractivity contribution in [1.29, 1.82) is 0 Å². The van der Waals surface area contributed by atoms with Crippen molar-refractivity contribution in [2.45, 2.75) is 6.92 Å². The van der Waals surface area contributed by atoms with Gasteiger partial charge in [-0.15, -0.1) is 0 Å². The van der Waals surface area contributed by atoms with Crippen LogP contribution in [0.3, 0.4) is 0 Å². The zero-order chi connectivity index (χ0) is 9.30. The van der Waals surface area contributed by atoms with Crippen molar-refractivity contribution in [3.63, 3.8) is 0 Å². The van der Waals surface area contributed by atoms with Crippen LogP contribution in [-0.2, 0) is 14.4 Å². The average Bonchev–Trinajstić information content (AvgIpc) is 2.16. The Bertz CT molecular complexity index is 292. The molecule has 1 aliphatic rings. The normalized spacial score (nSPS) is 16.8. The quantitative estimate of drug-likeness (QED) is 0.559. The van der Waals surface area contributed by atoms with Gasteiger partial charge in [-0.25, -0.2) is 0 Å². The van der Waals surface area contributed by atoms with Crippen molar-refractivity contribution < 1.29 is 19.5 Å². The van der Waals surface area contributed by atoms with Crippen LogP contribution in [0.1, 0.15) is 6.92 Å². The van der Waals surface area contributed by atoms with Gasteiger partial charge in [0.25, 0.3) is 11.8 Å². The summed E-state index contributed by atoms with van der Waals surface area (Å²) in [5.41, 5.74) is 0.279. The van der Waals surface area contributed by atoms with Gasteiger partial charge in [-0.1, -0.05) is 0 Å². The highest BCUT2D eigenvalue weighted by molar-refractivity contribution is 6.16. The van der Waals surface area contributed by atoms with Crippen LogP contribution in [-0.4, -0.2) is 34.3 Å². The minimum Gasteiger partial charge on any atom is -0.480 e. The molecule has 0 saturated carbocycles. The fourth-order valence-corrected chi connectivity index (χ4v) is 0.923. The molecule has 2 amide bonds. The largest absolute Gasteiger partial charge is 0.480 e. The molecule has 0 aromatic carbocycles. The smallest absolute Gasteiger partial charge is 0.323 e. The Labute approximate surface area is 68.3 Å². The fraction of sp³-hybridized carbons (Fsp3) is 0.286. The summed E-state index contributed by atoms with van der Waals surface area (Å²) in [4.78, 5) is 32.8. The molecule has 5 nitrogen and oxygen atoms in total. The Morgan fingerprint density at radius 3 is 2.50 bits per heavy atom. The molecule has 0 aromatic heterocycles. The molecular formula is C7H7NO4. The molecule has 0 atom stereocenters. The van der Waals surface area contributed by atoms with Crippen LogP contribution in [0.5, 0.6) is 0 Å². The Morgan fingerprint density at radius 2 is 2.17 bits per heavy atom. The molecule has 64 valence electrons. The minimum absolute atomic E-state index is 0.279. The Morgan fingerprint density at radius 1 is 1.58 bits per heavy atom. The number of carbonyl (C=O) groups excluding carboxylic acids is 2. The van der Waals surface area contributed by atoms with Crippen molar-refractivity contribution in [3.05, 3.63) is 11.6 Å². The first kappa shape index (κ1) is 8.45. The number of imide groups is 1. The maximum absolute atomic E-state index is 11.0. The molecule has 0 aliphatic carbocycles. The standard InChI is InChI=1S/C7H7NO4/c1-4-2-5(9)8(7(4)12)3-6(10)11/h2H,3H2,1H3,(H,10,11). The second kappa shape index (κ2) is 2.77. The lowest BCUT2D eigenvalue weighted by atomic mass is 10.3. The van der Waals surface area contributed by atoms with Crippen LogP contribution >= 0.6 is 0 Å². The molecule has 0 aromatic rings. The van der Waals surface area contributed by atoms with Gasteiger partial charge in [-0.2, -0.15) is 0 Å². The van der Waals surface area contributed by atoms with Gasteiger partial charge in [0, 0.05) is 11.6 Å². The van der Waals surface area contributed by atoms with Crippen LogP contribution in [0.15, 0.2) is 11.6 Å². The van der Waals surface area contributed by atoms with E-state index in [2.05, 4.69) is 0 Å². The van der Waals surface area contributed by atoms with Gasteiger partial charge in [0.05, 0.1) is 0 Å².